The summed E-state index contributed by atoms with van der Waals surface area (Å²) in [4.78, 5) is 22.5. The Balaban J connectivity index is 1.57. The Morgan fingerprint density at radius 2 is 1.83 bits per heavy atom. The second-order valence-corrected chi connectivity index (χ2v) is 11.3. The summed E-state index contributed by atoms with van der Waals surface area (Å²) in [5.74, 6) is 1.08. The summed E-state index contributed by atoms with van der Waals surface area (Å²) < 4.78 is 17.8. The van der Waals surface area contributed by atoms with Crippen molar-refractivity contribution in [3.8, 4) is 11.5 Å². The van der Waals surface area contributed by atoms with Crippen LogP contribution in [0.3, 0.4) is 0 Å². The number of rotatable bonds is 15. The van der Waals surface area contributed by atoms with Gasteiger partial charge in [0.2, 0.25) is 5.90 Å². The molecule has 12 heteroatoms. The Morgan fingerprint density at radius 1 is 1.04 bits per heavy atom. The fourth-order valence-electron chi connectivity index (χ4n) is 5.35. The molecule has 1 aliphatic rings. The number of amides is 1. The average molecular weight is 655 g/mol. The number of hydrogen-bond donors (Lipinski definition) is 3. The van der Waals surface area contributed by atoms with E-state index in [2.05, 4.69) is 20.9 Å². The minimum atomic E-state index is -1.51. The molecular weight excluding hydrogens is 620 g/mol. The van der Waals surface area contributed by atoms with Crippen LogP contribution in [0.15, 0.2) is 107 Å². The van der Waals surface area contributed by atoms with Gasteiger partial charge in [-0.1, -0.05) is 65.2 Å². The van der Waals surface area contributed by atoms with Gasteiger partial charge in [-0.15, -0.1) is 0 Å². The van der Waals surface area contributed by atoms with Crippen LogP contribution in [-0.2, 0) is 29.0 Å². The van der Waals surface area contributed by atoms with E-state index in [0.717, 1.165) is 16.7 Å². The molecule has 1 amide bonds. The Labute approximate surface area is 277 Å². The van der Waals surface area contributed by atoms with Gasteiger partial charge in [0.15, 0.2) is 11.6 Å². The zero-order chi connectivity index (χ0) is 33.1. The molecule has 0 saturated carbocycles. The van der Waals surface area contributed by atoms with Crippen molar-refractivity contribution in [1.82, 2.24) is 10.9 Å². The van der Waals surface area contributed by atoms with Gasteiger partial charge in [-0.3, -0.25) is 10.2 Å². The van der Waals surface area contributed by atoms with E-state index < -0.39 is 17.6 Å². The number of hydrazine groups is 1. The highest BCUT2D eigenvalue weighted by Crippen LogP contribution is 2.43. The molecule has 1 heterocycles. The largest absolute Gasteiger partial charge is 0.497 e. The van der Waals surface area contributed by atoms with Crippen molar-refractivity contribution in [2.75, 3.05) is 20.3 Å². The van der Waals surface area contributed by atoms with Crippen molar-refractivity contribution < 1.29 is 24.1 Å². The van der Waals surface area contributed by atoms with Gasteiger partial charge in [-0.05, 0) is 76.3 Å². The van der Waals surface area contributed by atoms with Gasteiger partial charge in [-0.2, -0.15) is 0 Å². The fraction of sp³-hybridized carbons (Fsp3) is 0.257. The van der Waals surface area contributed by atoms with Crippen LogP contribution in [0, 0.1) is 0 Å². The maximum absolute atomic E-state index is 14.5. The standard InChI is InChI=1S/C35H35ClN6O5/c1-45-31-12-5-10-26(20-31)32-35(21-27-8-2-3-9-28(27)23-39-42-37,34(44)41-38-22-24-7-4-11-29(36)19-24)40-33(47-32)25-13-15-30(16-14-25)46-18-6-17-43/h2-5,7-16,19-20,32,38,43H,6,17-18,21-23H2,1H3,(H,41,44)/t32-,35-/m0/s1. The van der Waals surface area contributed by atoms with Crippen LogP contribution >= 0.6 is 11.6 Å². The summed E-state index contributed by atoms with van der Waals surface area (Å²) in [6.07, 6.45) is -0.222. The topological polar surface area (TPSA) is 150 Å². The molecule has 4 aromatic rings. The first-order chi connectivity index (χ1) is 23.0. The van der Waals surface area contributed by atoms with Gasteiger partial charge in [0.05, 0.1) is 20.3 Å². The molecule has 0 aromatic heterocycles. The first-order valence-electron chi connectivity index (χ1n) is 15.1. The lowest BCUT2D eigenvalue weighted by molar-refractivity contribution is -0.130. The van der Waals surface area contributed by atoms with E-state index >= 15 is 0 Å². The molecule has 4 aromatic carbocycles. The zero-order valence-electron chi connectivity index (χ0n) is 25.8. The average Bonchev–Trinajstić information content (AvgIpc) is 3.49. The van der Waals surface area contributed by atoms with Gasteiger partial charge in [0.1, 0.15) is 11.5 Å². The predicted octanol–water partition coefficient (Wildman–Crippen LogP) is 6.24. The van der Waals surface area contributed by atoms with Crippen LogP contribution in [0.4, 0.5) is 0 Å². The highest BCUT2D eigenvalue weighted by atomic mass is 35.5. The summed E-state index contributed by atoms with van der Waals surface area (Å²) in [6.45, 7) is 0.843. The fourth-order valence-corrected chi connectivity index (χ4v) is 5.56. The third-order valence-corrected chi connectivity index (χ3v) is 7.93. The number of ether oxygens (including phenoxy) is 3. The molecule has 0 aliphatic carbocycles. The maximum Gasteiger partial charge on any atom is 0.266 e. The lowest BCUT2D eigenvalue weighted by Crippen LogP contribution is -2.53. The van der Waals surface area contributed by atoms with Gasteiger partial charge in [-0.25, -0.2) is 10.4 Å². The van der Waals surface area contributed by atoms with Gasteiger partial charge >= 0.3 is 0 Å². The highest BCUT2D eigenvalue weighted by Gasteiger charge is 2.53. The Hall–Kier alpha value is -5.06. The van der Waals surface area contributed by atoms with E-state index in [0.29, 0.717) is 47.2 Å². The molecule has 0 fully saturated rings. The quantitative estimate of drug-likeness (QED) is 0.0454. The highest BCUT2D eigenvalue weighted by molar-refractivity contribution is 6.30. The van der Waals surface area contributed by atoms with E-state index in [9.17, 15) is 4.79 Å². The van der Waals surface area contributed by atoms with E-state index in [4.69, 9.17) is 41.4 Å². The summed E-state index contributed by atoms with van der Waals surface area (Å²) in [5, 5.41) is 13.5. The molecule has 47 heavy (non-hydrogen) atoms. The second kappa shape index (κ2) is 16.0. The van der Waals surface area contributed by atoms with Crippen LogP contribution in [0.1, 0.15) is 40.3 Å². The maximum atomic E-state index is 14.5. The number of aliphatic imine (C=N–C) groups is 1. The van der Waals surface area contributed by atoms with Crippen molar-refractivity contribution in [2.45, 2.75) is 37.6 Å². The lowest BCUT2D eigenvalue weighted by Gasteiger charge is -2.31. The van der Waals surface area contributed by atoms with Crippen molar-refractivity contribution in [1.29, 1.82) is 0 Å². The summed E-state index contributed by atoms with van der Waals surface area (Å²) in [5.41, 5.74) is 17.2. The van der Waals surface area contributed by atoms with Crippen LogP contribution in [0.2, 0.25) is 5.02 Å². The number of benzene rings is 4. The Kier molecular flexibility index (Phi) is 11.3. The normalized spacial score (nSPS) is 16.8. The molecular formula is C35H35ClN6O5. The number of azide groups is 1. The molecule has 0 saturated heterocycles. The number of halogens is 1. The van der Waals surface area contributed by atoms with Crippen molar-refractivity contribution >= 4 is 23.4 Å². The summed E-state index contributed by atoms with van der Waals surface area (Å²) in [7, 11) is 1.58. The van der Waals surface area contributed by atoms with Gasteiger partial charge < -0.3 is 19.3 Å². The minimum Gasteiger partial charge on any atom is -0.497 e. The minimum absolute atomic E-state index is 0.0402. The van der Waals surface area contributed by atoms with E-state index in [-0.39, 0.29) is 25.5 Å². The van der Waals surface area contributed by atoms with E-state index in [1.807, 2.05) is 78.9 Å². The molecule has 3 N–H and O–H groups in total. The van der Waals surface area contributed by atoms with E-state index in [1.54, 1.807) is 25.3 Å². The SMILES string of the molecule is COc1cccc([C@@H]2OC(c3ccc(OCCCO)cc3)=N[C@]2(Cc2ccccc2CN=[N+]=[N-])C(=O)NNCc2cccc(Cl)c2)c1. The molecule has 0 unspecified atom stereocenters. The molecule has 5 rings (SSSR count). The van der Waals surface area contributed by atoms with Crippen molar-refractivity contribution in [2.24, 2.45) is 10.1 Å². The monoisotopic (exact) mass is 654 g/mol. The number of nitrogens with one attached hydrogen (secondary N) is 2. The third kappa shape index (κ3) is 8.21. The van der Waals surface area contributed by atoms with Gasteiger partial charge in [0, 0.05) is 41.5 Å². The summed E-state index contributed by atoms with van der Waals surface area (Å²) >= 11 is 6.17. The number of nitrogens with zero attached hydrogens (tertiary/aromatic N) is 4. The number of carbonyl (C=O) groups excluding carboxylic acids is 1. The molecule has 1 aliphatic heterocycles. The molecule has 242 valence electrons. The van der Waals surface area contributed by atoms with Crippen LogP contribution in [0.5, 0.6) is 11.5 Å². The number of carbonyl (C=O) groups is 1. The number of methoxy groups -OCH3 is 1. The van der Waals surface area contributed by atoms with Gasteiger partial charge in [0.25, 0.3) is 5.91 Å². The third-order valence-electron chi connectivity index (χ3n) is 7.69. The van der Waals surface area contributed by atoms with E-state index in [1.165, 1.54) is 0 Å². The predicted molar refractivity (Wildman–Crippen MR) is 179 cm³/mol. The Bertz CT molecular complexity index is 1760. The molecule has 0 spiro atoms. The Morgan fingerprint density at radius 3 is 2.57 bits per heavy atom. The van der Waals surface area contributed by atoms with Crippen molar-refractivity contribution in [3.05, 3.63) is 140 Å². The summed E-state index contributed by atoms with van der Waals surface area (Å²) in [6, 6.07) is 29.4. The van der Waals surface area contributed by atoms with Crippen LogP contribution < -0.4 is 20.3 Å². The number of hydrogen-bond acceptors (Lipinski definition) is 8. The second-order valence-electron chi connectivity index (χ2n) is 10.8. The number of aliphatic hydroxyl groups is 1. The number of aliphatic hydroxyl groups excluding tert-OH is 1. The van der Waals surface area contributed by atoms with Crippen LogP contribution in [0.25, 0.3) is 10.4 Å². The molecule has 0 bridgehead atoms. The first-order valence-corrected chi connectivity index (χ1v) is 15.4. The smallest absolute Gasteiger partial charge is 0.266 e. The molecule has 11 nitrogen and oxygen atoms in total. The molecule has 2 atom stereocenters. The van der Waals surface area contributed by atoms with Crippen LogP contribution in [-0.4, -0.2) is 42.8 Å². The molecule has 0 radical (unpaired) electrons. The first kappa shape index (κ1) is 33.3. The lowest BCUT2D eigenvalue weighted by atomic mass is 9.81. The zero-order valence-corrected chi connectivity index (χ0v) is 26.6. The van der Waals surface area contributed by atoms with Crippen molar-refractivity contribution in [3.63, 3.8) is 0 Å².